The topological polar surface area (TPSA) is 30.2 Å². The lowest BCUT2D eigenvalue weighted by Gasteiger charge is -2.27. The van der Waals surface area contributed by atoms with Gasteiger partial charge < -0.3 is 4.42 Å². The summed E-state index contributed by atoms with van der Waals surface area (Å²) in [5.41, 5.74) is 0. The average Bonchev–Trinajstić information content (AvgIpc) is 2.83. The molecule has 0 radical (unpaired) electrons. The summed E-state index contributed by atoms with van der Waals surface area (Å²) in [6, 6.07) is 3.57. The first kappa shape index (κ1) is 13.9. The molecule has 0 unspecified atom stereocenters. The Bertz CT molecular complexity index is 389. The lowest BCUT2D eigenvalue weighted by atomic mass is 9.78. The number of ketones is 1. The second-order valence-corrected chi connectivity index (χ2v) is 6.11. The number of carbonyl (C=O) groups is 1. The highest BCUT2D eigenvalue weighted by atomic mass is 79.9. The van der Waals surface area contributed by atoms with Gasteiger partial charge in [0.1, 0.15) is 0 Å². The van der Waals surface area contributed by atoms with Crippen LogP contribution in [0.5, 0.6) is 0 Å². The average molecular weight is 313 g/mol. The van der Waals surface area contributed by atoms with Crippen molar-refractivity contribution in [2.75, 3.05) is 0 Å². The van der Waals surface area contributed by atoms with Crippen molar-refractivity contribution >= 4 is 21.7 Å². The van der Waals surface area contributed by atoms with Crippen molar-refractivity contribution in [3.8, 4) is 0 Å². The zero-order valence-electron chi connectivity index (χ0n) is 11.0. The van der Waals surface area contributed by atoms with Crippen LogP contribution in [0.15, 0.2) is 21.2 Å². The van der Waals surface area contributed by atoms with Crippen LogP contribution in [-0.4, -0.2) is 5.78 Å². The van der Waals surface area contributed by atoms with Crippen molar-refractivity contribution in [2.45, 2.75) is 51.9 Å². The summed E-state index contributed by atoms with van der Waals surface area (Å²) in [5.74, 6) is 1.73. The maximum Gasteiger partial charge on any atom is 0.201 e. The number of hydrogen-bond donors (Lipinski definition) is 0. The Kier molecular flexibility index (Phi) is 5.04. The summed E-state index contributed by atoms with van der Waals surface area (Å²) < 4.78 is 6.00. The molecule has 0 atom stereocenters. The first-order valence-electron chi connectivity index (χ1n) is 7.00. The molecule has 0 N–H and O–H groups in total. The maximum absolute atomic E-state index is 12.2. The van der Waals surface area contributed by atoms with Crippen LogP contribution in [0.4, 0.5) is 0 Å². The van der Waals surface area contributed by atoms with Crippen molar-refractivity contribution in [1.82, 2.24) is 0 Å². The second-order valence-electron chi connectivity index (χ2n) is 5.33. The van der Waals surface area contributed by atoms with E-state index < -0.39 is 0 Å². The number of hydrogen-bond acceptors (Lipinski definition) is 2. The molecule has 3 heteroatoms. The molecule has 2 rings (SSSR count). The van der Waals surface area contributed by atoms with Crippen LogP contribution in [0.2, 0.25) is 0 Å². The maximum atomic E-state index is 12.2. The highest BCUT2D eigenvalue weighted by molar-refractivity contribution is 9.10. The van der Waals surface area contributed by atoms with E-state index in [0.717, 1.165) is 18.8 Å². The van der Waals surface area contributed by atoms with Crippen LogP contribution in [0, 0.1) is 11.8 Å². The van der Waals surface area contributed by atoms with E-state index in [4.69, 9.17) is 4.42 Å². The van der Waals surface area contributed by atoms with Gasteiger partial charge in [0.2, 0.25) is 5.78 Å². The van der Waals surface area contributed by atoms with E-state index in [1.807, 2.05) is 0 Å². The van der Waals surface area contributed by atoms with Crippen LogP contribution in [0.3, 0.4) is 0 Å². The molecule has 0 amide bonds. The minimum atomic E-state index is 0.181. The van der Waals surface area contributed by atoms with Gasteiger partial charge >= 0.3 is 0 Å². The molecule has 1 aliphatic carbocycles. The largest absolute Gasteiger partial charge is 0.446 e. The first-order chi connectivity index (χ1) is 8.70. The fourth-order valence-electron chi connectivity index (χ4n) is 2.85. The summed E-state index contributed by atoms with van der Waals surface area (Å²) in [6.45, 7) is 2.24. The Morgan fingerprint density at radius 2 is 2.06 bits per heavy atom. The lowest BCUT2D eigenvalue weighted by Crippen LogP contribution is -2.21. The van der Waals surface area contributed by atoms with Crippen LogP contribution >= 0.6 is 15.9 Å². The quantitative estimate of drug-likeness (QED) is 0.697. The fraction of sp³-hybridized carbons (Fsp3) is 0.667. The van der Waals surface area contributed by atoms with Crippen molar-refractivity contribution in [3.05, 3.63) is 22.6 Å². The number of rotatable bonds is 5. The highest BCUT2D eigenvalue weighted by Crippen LogP contribution is 2.34. The third kappa shape index (κ3) is 3.47. The Balaban J connectivity index is 1.84. The minimum Gasteiger partial charge on any atom is -0.446 e. The van der Waals surface area contributed by atoms with E-state index in [1.54, 1.807) is 12.1 Å². The van der Waals surface area contributed by atoms with Crippen molar-refractivity contribution in [1.29, 1.82) is 0 Å². The van der Waals surface area contributed by atoms with E-state index in [-0.39, 0.29) is 11.7 Å². The molecule has 1 aliphatic rings. The summed E-state index contributed by atoms with van der Waals surface area (Å²) in [6.07, 6.45) is 8.42. The second kappa shape index (κ2) is 6.55. The predicted molar refractivity (Wildman–Crippen MR) is 75.7 cm³/mol. The summed E-state index contributed by atoms with van der Waals surface area (Å²) in [7, 11) is 0. The van der Waals surface area contributed by atoms with Gasteiger partial charge in [-0.25, -0.2) is 0 Å². The molecule has 18 heavy (non-hydrogen) atoms. The third-order valence-corrected chi connectivity index (χ3v) is 4.43. The molecule has 1 heterocycles. The molecule has 0 spiro atoms. The van der Waals surface area contributed by atoms with Crippen LogP contribution in [-0.2, 0) is 0 Å². The van der Waals surface area contributed by atoms with Crippen LogP contribution < -0.4 is 0 Å². The summed E-state index contributed by atoms with van der Waals surface area (Å²) in [5, 5.41) is 0. The predicted octanol–water partition coefficient (Wildman–Crippen LogP) is 5.22. The molecule has 0 aromatic carbocycles. The van der Waals surface area contributed by atoms with E-state index in [9.17, 15) is 4.79 Å². The summed E-state index contributed by atoms with van der Waals surface area (Å²) >= 11 is 3.24. The van der Waals surface area contributed by atoms with Gasteiger partial charge in [0.25, 0.3) is 0 Å². The van der Waals surface area contributed by atoms with Gasteiger partial charge in [0.15, 0.2) is 10.4 Å². The first-order valence-corrected chi connectivity index (χ1v) is 7.79. The zero-order valence-corrected chi connectivity index (χ0v) is 12.5. The molecule has 100 valence electrons. The van der Waals surface area contributed by atoms with Crippen LogP contribution in [0.25, 0.3) is 0 Å². The fourth-order valence-corrected chi connectivity index (χ4v) is 3.16. The third-order valence-electron chi connectivity index (χ3n) is 4.00. The Morgan fingerprint density at radius 3 is 2.61 bits per heavy atom. The Labute approximate surface area is 117 Å². The van der Waals surface area contributed by atoms with Gasteiger partial charge in [-0.05, 0) is 59.7 Å². The minimum absolute atomic E-state index is 0.181. The molecule has 0 saturated heterocycles. The van der Waals surface area contributed by atoms with Gasteiger partial charge in [0.05, 0.1) is 0 Å². The SMILES string of the molecule is CCCCC1CCC(C(=O)c2ccc(Br)o2)CC1. The zero-order chi connectivity index (χ0) is 13.0. The number of halogens is 1. The smallest absolute Gasteiger partial charge is 0.201 e. The summed E-state index contributed by atoms with van der Waals surface area (Å²) in [4.78, 5) is 12.2. The van der Waals surface area contributed by atoms with Crippen molar-refractivity contribution in [3.63, 3.8) is 0 Å². The van der Waals surface area contributed by atoms with E-state index >= 15 is 0 Å². The molecule has 1 fully saturated rings. The van der Waals surface area contributed by atoms with E-state index in [1.165, 1.54) is 32.1 Å². The van der Waals surface area contributed by atoms with E-state index in [2.05, 4.69) is 22.9 Å². The molecule has 2 nitrogen and oxygen atoms in total. The van der Waals surface area contributed by atoms with Gasteiger partial charge in [-0.3, -0.25) is 4.79 Å². The molecule has 1 aromatic heterocycles. The molecule has 1 saturated carbocycles. The van der Waals surface area contributed by atoms with Gasteiger partial charge in [0, 0.05) is 5.92 Å². The number of Topliss-reactive ketones (excluding diaryl/α,β-unsaturated/α-hetero) is 1. The van der Waals surface area contributed by atoms with Crippen molar-refractivity contribution in [2.24, 2.45) is 11.8 Å². The molecule has 0 aliphatic heterocycles. The number of furan rings is 1. The normalized spacial score (nSPS) is 24.1. The highest BCUT2D eigenvalue weighted by Gasteiger charge is 2.28. The van der Waals surface area contributed by atoms with Gasteiger partial charge in [-0.15, -0.1) is 0 Å². The van der Waals surface area contributed by atoms with Gasteiger partial charge in [-0.2, -0.15) is 0 Å². The van der Waals surface area contributed by atoms with Crippen LogP contribution in [0.1, 0.15) is 62.4 Å². The molecule has 0 bridgehead atoms. The monoisotopic (exact) mass is 312 g/mol. The lowest BCUT2D eigenvalue weighted by molar-refractivity contribution is 0.0839. The Hall–Kier alpha value is -0.570. The molecular weight excluding hydrogens is 292 g/mol. The van der Waals surface area contributed by atoms with Gasteiger partial charge in [-0.1, -0.05) is 26.2 Å². The number of carbonyl (C=O) groups excluding carboxylic acids is 1. The van der Waals surface area contributed by atoms with Crippen molar-refractivity contribution < 1.29 is 9.21 Å². The number of unbranched alkanes of at least 4 members (excludes halogenated alkanes) is 1. The Morgan fingerprint density at radius 1 is 1.33 bits per heavy atom. The van der Waals surface area contributed by atoms with E-state index in [0.29, 0.717) is 10.4 Å². The molecular formula is C15H21BrO2. The standard InChI is InChI=1S/C15H21BrO2/c1-2-3-4-11-5-7-12(8-6-11)15(17)13-9-10-14(16)18-13/h9-12H,2-8H2,1H3. The molecule has 1 aromatic rings.